The number of anilines is 1. The number of hydrogen-bond acceptors (Lipinski definition) is 6. The van der Waals surface area contributed by atoms with E-state index < -0.39 is 16.8 Å². The van der Waals surface area contributed by atoms with Crippen LogP contribution in [0.1, 0.15) is 37.8 Å². The molecule has 2 N–H and O–H groups in total. The van der Waals surface area contributed by atoms with E-state index >= 15 is 0 Å². The zero-order chi connectivity index (χ0) is 18.8. The Labute approximate surface area is 150 Å². The van der Waals surface area contributed by atoms with Gasteiger partial charge >= 0.3 is 5.97 Å². The molecule has 3 rings (SSSR count). The van der Waals surface area contributed by atoms with Gasteiger partial charge in [0.05, 0.1) is 23.0 Å². The van der Waals surface area contributed by atoms with Crippen LogP contribution in [0.3, 0.4) is 0 Å². The van der Waals surface area contributed by atoms with E-state index in [1.165, 1.54) is 6.07 Å². The minimum Gasteiger partial charge on any atom is -0.463 e. The van der Waals surface area contributed by atoms with Gasteiger partial charge in [-0.15, -0.1) is 0 Å². The Balaban J connectivity index is 2.28. The van der Waals surface area contributed by atoms with Crippen molar-refractivity contribution in [1.29, 1.82) is 0 Å². The number of nitro benzene ring substituents is 1. The lowest BCUT2D eigenvalue weighted by Crippen LogP contribution is -2.27. The standard InChI is InChI=1S/C18H20N4O4/c1-4-26-18(23)15-14(11-7-5-6-8-13(11)22(24)25)12-9-19-21-17(12)20-16(15)10(2)3/h5-10,14H,4H2,1-3H3,(H2,19,20,21). The van der Waals surface area contributed by atoms with Crippen molar-refractivity contribution in [3.05, 3.63) is 63.0 Å². The average Bonchev–Trinajstić information content (AvgIpc) is 3.08. The summed E-state index contributed by atoms with van der Waals surface area (Å²) in [4.78, 5) is 23.9. The average molecular weight is 356 g/mol. The number of aromatic nitrogens is 2. The maximum Gasteiger partial charge on any atom is 0.336 e. The number of aromatic amines is 1. The fraction of sp³-hybridized carbons (Fsp3) is 0.333. The van der Waals surface area contributed by atoms with Gasteiger partial charge in [-0.2, -0.15) is 5.10 Å². The molecule has 0 radical (unpaired) electrons. The molecule has 0 saturated carbocycles. The van der Waals surface area contributed by atoms with Crippen molar-refractivity contribution in [3.63, 3.8) is 0 Å². The van der Waals surface area contributed by atoms with Crippen LogP contribution >= 0.6 is 0 Å². The minimum absolute atomic E-state index is 0.0236. The number of esters is 1. The number of nitrogens with zero attached hydrogens (tertiary/aromatic N) is 2. The third-order valence-corrected chi connectivity index (χ3v) is 4.33. The first-order chi connectivity index (χ1) is 12.5. The molecule has 1 atom stereocenters. The van der Waals surface area contributed by atoms with Crippen LogP contribution in [0.4, 0.5) is 11.5 Å². The Bertz CT molecular complexity index is 885. The number of para-hydroxylation sites is 1. The monoisotopic (exact) mass is 356 g/mol. The summed E-state index contributed by atoms with van der Waals surface area (Å²) >= 11 is 0. The lowest BCUT2D eigenvalue weighted by Gasteiger charge is -2.29. The highest BCUT2D eigenvalue weighted by atomic mass is 16.6. The van der Waals surface area contributed by atoms with Crippen LogP contribution in [0.15, 0.2) is 41.7 Å². The van der Waals surface area contributed by atoms with Gasteiger partial charge in [0, 0.05) is 29.1 Å². The third-order valence-electron chi connectivity index (χ3n) is 4.33. The number of hydrogen-bond donors (Lipinski definition) is 2. The number of fused-ring (bicyclic) bond motifs is 1. The van der Waals surface area contributed by atoms with Gasteiger partial charge in [-0.1, -0.05) is 32.0 Å². The van der Waals surface area contributed by atoms with Crippen LogP contribution in [0.2, 0.25) is 0 Å². The Hall–Kier alpha value is -3.16. The summed E-state index contributed by atoms with van der Waals surface area (Å²) in [5.41, 5.74) is 2.10. The summed E-state index contributed by atoms with van der Waals surface area (Å²) in [6.07, 6.45) is 1.65. The molecule has 8 heteroatoms. The highest BCUT2D eigenvalue weighted by Gasteiger charge is 2.39. The first-order valence-electron chi connectivity index (χ1n) is 8.40. The van der Waals surface area contributed by atoms with Gasteiger partial charge in [-0.05, 0) is 12.8 Å². The molecule has 0 fully saturated rings. The maximum absolute atomic E-state index is 12.8. The molecule has 0 saturated heterocycles. The highest BCUT2D eigenvalue weighted by Crippen LogP contribution is 2.45. The number of carbonyl (C=O) groups excluding carboxylic acids is 1. The number of H-pyrrole nitrogens is 1. The van der Waals surface area contributed by atoms with Crippen LogP contribution in [-0.2, 0) is 9.53 Å². The van der Waals surface area contributed by atoms with E-state index in [1.807, 2.05) is 13.8 Å². The minimum atomic E-state index is -0.636. The van der Waals surface area contributed by atoms with Crippen molar-refractivity contribution in [2.45, 2.75) is 26.7 Å². The van der Waals surface area contributed by atoms with Gasteiger partial charge in [-0.3, -0.25) is 15.2 Å². The van der Waals surface area contributed by atoms with E-state index in [9.17, 15) is 14.9 Å². The lowest BCUT2D eigenvalue weighted by atomic mass is 9.80. The summed E-state index contributed by atoms with van der Waals surface area (Å²) in [7, 11) is 0. The molecule has 1 unspecified atom stereocenters. The number of nitro groups is 1. The summed E-state index contributed by atoms with van der Waals surface area (Å²) in [6, 6.07) is 6.44. The van der Waals surface area contributed by atoms with Crippen LogP contribution < -0.4 is 5.32 Å². The number of rotatable bonds is 5. The molecule has 26 heavy (non-hydrogen) atoms. The zero-order valence-corrected chi connectivity index (χ0v) is 14.8. The van der Waals surface area contributed by atoms with Gasteiger partial charge in [0.1, 0.15) is 0 Å². The Morgan fingerprint density at radius 1 is 1.35 bits per heavy atom. The number of ether oxygens (including phenoxy) is 1. The molecule has 136 valence electrons. The van der Waals surface area contributed by atoms with Gasteiger partial charge in [0.15, 0.2) is 5.82 Å². The van der Waals surface area contributed by atoms with Crippen molar-refractivity contribution < 1.29 is 14.5 Å². The fourth-order valence-electron chi connectivity index (χ4n) is 3.24. The van der Waals surface area contributed by atoms with Crippen molar-refractivity contribution in [1.82, 2.24) is 10.2 Å². The molecule has 0 spiro atoms. The summed E-state index contributed by atoms with van der Waals surface area (Å²) in [6.45, 7) is 5.83. The molecule has 1 aliphatic heterocycles. The van der Waals surface area contributed by atoms with E-state index in [0.29, 0.717) is 28.2 Å². The molecule has 2 heterocycles. The predicted octanol–water partition coefficient (Wildman–Crippen LogP) is 3.35. The molecule has 8 nitrogen and oxygen atoms in total. The second-order valence-corrected chi connectivity index (χ2v) is 6.27. The van der Waals surface area contributed by atoms with Crippen LogP contribution in [0, 0.1) is 16.0 Å². The van der Waals surface area contributed by atoms with Crippen LogP contribution in [0.5, 0.6) is 0 Å². The van der Waals surface area contributed by atoms with Gasteiger partial charge in [-0.25, -0.2) is 4.79 Å². The van der Waals surface area contributed by atoms with Gasteiger partial charge in [0.25, 0.3) is 5.69 Å². The Morgan fingerprint density at radius 3 is 2.73 bits per heavy atom. The molecular formula is C18H20N4O4. The first-order valence-corrected chi connectivity index (χ1v) is 8.40. The van der Waals surface area contributed by atoms with E-state index in [-0.39, 0.29) is 18.2 Å². The topological polar surface area (TPSA) is 110 Å². The maximum atomic E-state index is 12.8. The van der Waals surface area contributed by atoms with E-state index in [0.717, 1.165) is 0 Å². The number of allylic oxidation sites excluding steroid dienone is 1. The summed E-state index contributed by atoms with van der Waals surface area (Å²) in [5.74, 6) is -0.587. The normalized spacial score (nSPS) is 16.2. The van der Waals surface area contributed by atoms with Crippen LogP contribution in [0.25, 0.3) is 0 Å². The van der Waals surface area contributed by atoms with Crippen molar-refractivity contribution in [2.75, 3.05) is 11.9 Å². The summed E-state index contributed by atoms with van der Waals surface area (Å²) in [5, 5.41) is 21.7. The second-order valence-electron chi connectivity index (χ2n) is 6.27. The Kier molecular flexibility index (Phi) is 4.75. The van der Waals surface area contributed by atoms with E-state index in [4.69, 9.17) is 4.74 Å². The van der Waals surface area contributed by atoms with Crippen LogP contribution in [-0.4, -0.2) is 27.7 Å². The largest absolute Gasteiger partial charge is 0.463 e. The third kappa shape index (κ3) is 2.94. The number of benzene rings is 1. The first kappa shape index (κ1) is 17.7. The SMILES string of the molecule is CCOC(=O)C1=C(C(C)C)Nc2n[nH]cc2C1c1ccccc1[N+](=O)[O-]. The fourth-order valence-corrected chi connectivity index (χ4v) is 3.24. The molecule has 1 aliphatic rings. The summed E-state index contributed by atoms with van der Waals surface area (Å²) < 4.78 is 5.27. The highest BCUT2D eigenvalue weighted by molar-refractivity contribution is 5.95. The van der Waals surface area contributed by atoms with Gasteiger partial charge < -0.3 is 10.1 Å². The zero-order valence-electron chi connectivity index (χ0n) is 14.8. The molecule has 0 amide bonds. The Morgan fingerprint density at radius 2 is 2.08 bits per heavy atom. The molecule has 1 aromatic carbocycles. The van der Waals surface area contributed by atoms with Gasteiger partial charge in [0.2, 0.25) is 0 Å². The van der Waals surface area contributed by atoms with Crippen molar-refractivity contribution in [2.24, 2.45) is 5.92 Å². The van der Waals surface area contributed by atoms with E-state index in [2.05, 4.69) is 15.5 Å². The number of carbonyl (C=O) groups is 1. The molecule has 0 aliphatic carbocycles. The van der Waals surface area contributed by atoms with Crippen molar-refractivity contribution in [3.8, 4) is 0 Å². The molecule has 0 bridgehead atoms. The number of nitrogens with one attached hydrogen (secondary N) is 2. The van der Waals surface area contributed by atoms with E-state index in [1.54, 1.807) is 31.3 Å². The molecular weight excluding hydrogens is 336 g/mol. The second kappa shape index (κ2) is 6.99. The molecule has 1 aromatic heterocycles. The van der Waals surface area contributed by atoms with Crippen molar-refractivity contribution >= 4 is 17.5 Å². The quantitative estimate of drug-likeness (QED) is 0.483. The smallest absolute Gasteiger partial charge is 0.336 e. The molecule has 2 aromatic rings. The lowest BCUT2D eigenvalue weighted by molar-refractivity contribution is -0.385. The predicted molar refractivity (Wildman–Crippen MR) is 95.6 cm³/mol.